The fourth-order valence-corrected chi connectivity index (χ4v) is 3.99. The fourth-order valence-electron chi connectivity index (χ4n) is 3.99. The number of hydrogen-bond acceptors (Lipinski definition) is 4. The van der Waals surface area contributed by atoms with E-state index < -0.39 is 0 Å². The van der Waals surface area contributed by atoms with Gasteiger partial charge in [-0.2, -0.15) is 9.61 Å². The zero-order chi connectivity index (χ0) is 17.4. The second-order valence-corrected chi connectivity index (χ2v) is 7.59. The minimum atomic E-state index is 0.189. The average Bonchev–Trinajstić information content (AvgIpc) is 3.31. The molecule has 0 unspecified atom stereocenters. The number of fused-ring (bicyclic) bond motifs is 1. The first-order valence-electron chi connectivity index (χ1n) is 9.52. The van der Waals surface area contributed by atoms with Crippen LogP contribution in [0.5, 0.6) is 0 Å². The van der Waals surface area contributed by atoms with Gasteiger partial charge < -0.3 is 9.80 Å². The molecule has 4 rings (SSSR count). The first kappa shape index (κ1) is 16.4. The number of carbonyl (C=O) groups excluding carboxylic acids is 1. The summed E-state index contributed by atoms with van der Waals surface area (Å²) in [5.74, 6) is 2.05. The van der Waals surface area contributed by atoms with E-state index in [0.717, 1.165) is 69.0 Å². The van der Waals surface area contributed by atoms with E-state index in [9.17, 15) is 4.79 Å². The van der Waals surface area contributed by atoms with Gasteiger partial charge in [0.05, 0.1) is 6.20 Å². The molecule has 0 spiro atoms. The number of rotatable bonds is 3. The summed E-state index contributed by atoms with van der Waals surface area (Å²) in [6.45, 7) is 8.05. The Bertz CT molecular complexity index is 754. The third-order valence-corrected chi connectivity index (χ3v) is 5.54. The van der Waals surface area contributed by atoms with Crippen LogP contribution < -0.4 is 4.90 Å². The summed E-state index contributed by atoms with van der Waals surface area (Å²) < 4.78 is 1.93. The number of carbonyl (C=O) groups is 1. The molecule has 2 aliphatic rings. The van der Waals surface area contributed by atoms with E-state index in [2.05, 4.69) is 34.8 Å². The van der Waals surface area contributed by atoms with Crippen molar-refractivity contribution in [2.24, 2.45) is 5.92 Å². The summed E-state index contributed by atoms with van der Waals surface area (Å²) >= 11 is 0. The zero-order valence-electron chi connectivity index (χ0n) is 15.2. The Labute approximate surface area is 148 Å². The summed E-state index contributed by atoms with van der Waals surface area (Å²) in [5, 5.41) is 4.45. The Morgan fingerprint density at radius 1 is 1.16 bits per heavy atom. The molecular formula is C19H27N5O. The molecule has 2 fully saturated rings. The summed E-state index contributed by atoms with van der Waals surface area (Å²) in [7, 11) is 0. The summed E-state index contributed by atoms with van der Waals surface area (Å²) in [6.07, 6.45) is 5.99. The van der Waals surface area contributed by atoms with Crippen molar-refractivity contribution >= 4 is 17.4 Å². The van der Waals surface area contributed by atoms with Crippen molar-refractivity contribution in [2.45, 2.75) is 45.4 Å². The van der Waals surface area contributed by atoms with Gasteiger partial charge in [-0.3, -0.25) is 4.79 Å². The number of anilines is 1. The lowest BCUT2D eigenvalue weighted by atomic mass is 9.95. The van der Waals surface area contributed by atoms with Crippen LogP contribution in [0.25, 0.3) is 5.65 Å². The monoisotopic (exact) mass is 341 g/mol. The molecule has 0 atom stereocenters. The summed E-state index contributed by atoms with van der Waals surface area (Å²) in [5.41, 5.74) is 2.00. The largest absolute Gasteiger partial charge is 0.356 e. The van der Waals surface area contributed by atoms with Gasteiger partial charge in [-0.15, -0.1) is 0 Å². The average molecular weight is 341 g/mol. The minimum absolute atomic E-state index is 0.189. The molecule has 0 N–H and O–H groups in total. The molecule has 2 saturated heterocycles. The van der Waals surface area contributed by atoms with Gasteiger partial charge in [0.1, 0.15) is 5.82 Å². The van der Waals surface area contributed by atoms with E-state index in [1.165, 1.54) is 0 Å². The van der Waals surface area contributed by atoms with Gasteiger partial charge in [0.25, 0.3) is 0 Å². The lowest BCUT2D eigenvalue weighted by molar-refractivity contribution is -0.135. The molecule has 2 aliphatic heterocycles. The fraction of sp³-hybridized carbons (Fsp3) is 0.632. The number of likely N-dealkylation sites (tertiary alicyclic amines) is 1. The van der Waals surface area contributed by atoms with E-state index in [1.807, 2.05) is 10.6 Å². The van der Waals surface area contributed by atoms with Crippen LogP contribution >= 0.6 is 0 Å². The molecule has 0 aliphatic carbocycles. The molecule has 6 nitrogen and oxygen atoms in total. The van der Waals surface area contributed by atoms with Crippen LogP contribution in [0.1, 0.15) is 51.1 Å². The van der Waals surface area contributed by atoms with Gasteiger partial charge in [-0.05, 0) is 31.6 Å². The van der Waals surface area contributed by atoms with Crippen molar-refractivity contribution in [1.29, 1.82) is 0 Å². The highest BCUT2D eigenvalue weighted by Gasteiger charge is 2.30. The molecule has 2 aromatic rings. The Kier molecular flexibility index (Phi) is 4.36. The normalized spacial score (nSPS) is 19.3. The van der Waals surface area contributed by atoms with Crippen molar-refractivity contribution in [3.63, 3.8) is 0 Å². The number of amides is 1. The second-order valence-electron chi connectivity index (χ2n) is 7.59. The molecule has 1 amide bonds. The quantitative estimate of drug-likeness (QED) is 0.861. The van der Waals surface area contributed by atoms with Crippen LogP contribution in [0.2, 0.25) is 0 Å². The molecule has 0 radical (unpaired) electrons. The Morgan fingerprint density at radius 3 is 2.56 bits per heavy atom. The third-order valence-electron chi connectivity index (χ3n) is 5.54. The molecule has 25 heavy (non-hydrogen) atoms. The maximum Gasteiger partial charge on any atom is 0.225 e. The lowest BCUT2D eigenvalue weighted by Gasteiger charge is -2.34. The third kappa shape index (κ3) is 3.10. The number of piperidine rings is 1. The SMILES string of the molecule is CC(C)c1cc(N2CCC(C(=O)N3CCCC3)CC2)n2nccc2n1. The highest BCUT2D eigenvalue weighted by molar-refractivity contribution is 5.79. The molecule has 4 heterocycles. The van der Waals surface area contributed by atoms with Crippen molar-refractivity contribution in [1.82, 2.24) is 19.5 Å². The number of aromatic nitrogens is 3. The van der Waals surface area contributed by atoms with Gasteiger partial charge in [0, 0.05) is 49.9 Å². The smallest absolute Gasteiger partial charge is 0.225 e. The first-order valence-corrected chi connectivity index (χ1v) is 9.52. The van der Waals surface area contributed by atoms with E-state index in [1.54, 1.807) is 6.20 Å². The summed E-state index contributed by atoms with van der Waals surface area (Å²) in [6, 6.07) is 4.12. The first-order chi connectivity index (χ1) is 12.1. The highest BCUT2D eigenvalue weighted by atomic mass is 16.2. The van der Waals surface area contributed by atoms with Crippen LogP contribution in [-0.2, 0) is 4.79 Å². The summed E-state index contributed by atoms with van der Waals surface area (Å²) in [4.78, 5) is 21.8. The lowest BCUT2D eigenvalue weighted by Crippen LogP contribution is -2.42. The second kappa shape index (κ2) is 6.65. The van der Waals surface area contributed by atoms with Crippen molar-refractivity contribution < 1.29 is 4.79 Å². The highest BCUT2D eigenvalue weighted by Crippen LogP contribution is 2.28. The molecule has 0 saturated carbocycles. The van der Waals surface area contributed by atoms with E-state index in [0.29, 0.717) is 11.8 Å². The molecular weight excluding hydrogens is 314 g/mol. The van der Waals surface area contributed by atoms with Crippen LogP contribution in [0.3, 0.4) is 0 Å². The van der Waals surface area contributed by atoms with E-state index in [4.69, 9.17) is 4.98 Å². The maximum atomic E-state index is 12.6. The molecule has 2 aromatic heterocycles. The molecule has 0 bridgehead atoms. The topological polar surface area (TPSA) is 53.7 Å². The standard InChI is InChI=1S/C19H27N5O/c1-14(2)16-13-18(24-17(21-16)5-8-20-24)22-11-6-15(7-12-22)19(25)23-9-3-4-10-23/h5,8,13-15H,3-4,6-7,9-12H2,1-2H3. The van der Waals surface area contributed by atoms with Gasteiger partial charge >= 0.3 is 0 Å². The van der Waals surface area contributed by atoms with Crippen LogP contribution in [0.4, 0.5) is 5.82 Å². The predicted molar refractivity (Wildman–Crippen MR) is 97.8 cm³/mol. The van der Waals surface area contributed by atoms with E-state index in [-0.39, 0.29) is 5.92 Å². The van der Waals surface area contributed by atoms with Crippen molar-refractivity contribution in [3.05, 3.63) is 24.0 Å². The van der Waals surface area contributed by atoms with Crippen LogP contribution in [0.15, 0.2) is 18.3 Å². The number of hydrogen-bond donors (Lipinski definition) is 0. The maximum absolute atomic E-state index is 12.6. The van der Waals surface area contributed by atoms with E-state index >= 15 is 0 Å². The van der Waals surface area contributed by atoms with Crippen LogP contribution in [0, 0.1) is 5.92 Å². The van der Waals surface area contributed by atoms with Gasteiger partial charge in [-0.25, -0.2) is 4.98 Å². The van der Waals surface area contributed by atoms with Gasteiger partial charge in [0.15, 0.2) is 5.65 Å². The number of nitrogens with zero attached hydrogens (tertiary/aromatic N) is 5. The molecule has 0 aromatic carbocycles. The Morgan fingerprint density at radius 2 is 1.88 bits per heavy atom. The molecule has 134 valence electrons. The predicted octanol–water partition coefficient (Wildman–Crippen LogP) is 2.69. The van der Waals surface area contributed by atoms with Gasteiger partial charge in [0.2, 0.25) is 5.91 Å². The zero-order valence-corrected chi connectivity index (χ0v) is 15.2. The van der Waals surface area contributed by atoms with Crippen molar-refractivity contribution in [2.75, 3.05) is 31.1 Å². The Hall–Kier alpha value is -2.11. The van der Waals surface area contributed by atoms with Crippen LogP contribution in [-0.4, -0.2) is 51.6 Å². The Balaban J connectivity index is 1.51. The minimum Gasteiger partial charge on any atom is -0.356 e. The van der Waals surface area contributed by atoms with Crippen molar-refractivity contribution in [3.8, 4) is 0 Å². The molecule has 6 heteroatoms. The van der Waals surface area contributed by atoms with Gasteiger partial charge in [-0.1, -0.05) is 13.8 Å².